The number of carbonyl (C=O) groups is 1. The lowest BCUT2D eigenvalue weighted by Gasteiger charge is -1.99. The Kier molecular flexibility index (Phi) is 5.39. The Morgan fingerprint density at radius 2 is 2.00 bits per heavy atom. The summed E-state index contributed by atoms with van der Waals surface area (Å²) in [6.07, 6.45) is 3.20. The number of hydrogen-bond acceptors (Lipinski definition) is 3. The van der Waals surface area contributed by atoms with Gasteiger partial charge in [0.25, 0.3) is 0 Å². The zero-order chi connectivity index (χ0) is 13.5. The molecule has 1 aromatic heterocycles. The van der Waals surface area contributed by atoms with Gasteiger partial charge in [0.05, 0.1) is 7.11 Å². The van der Waals surface area contributed by atoms with Gasteiger partial charge in [0.2, 0.25) is 0 Å². The number of fused-ring (bicyclic) bond motifs is 1. The average molecular weight is 248 g/mol. The number of aldehydes is 1. The summed E-state index contributed by atoms with van der Waals surface area (Å²) in [7, 11) is 7.63. The first kappa shape index (κ1) is 14.3. The van der Waals surface area contributed by atoms with E-state index < -0.39 is 0 Å². The van der Waals surface area contributed by atoms with Gasteiger partial charge in [0.1, 0.15) is 12.0 Å². The lowest BCUT2D eigenvalue weighted by atomic mass is 10.1. The molecule has 0 aliphatic carbocycles. The van der Waals surface area contributed by atoms with Crippen molar-refractivity contribution >= 4 is 17.2 Å². The molecule has 2 aromatic rings. The predicted octanol–water partition coefficient (Wildman–Crippen LogP) is 2.10. The second-order valence-corrected chi connectivity index (χ2v) is 4.44. The molecule has 1 aromatic carbocycles. The van der Waals surface area contributed by atoms with Gasteiger partial charge in [-0.3, -0.25) is 0 Å². The molecular formula is C14H20N2O2. The van der Waals surface area contributed by atoms with Crippen LogP contribution in [0.3, 0.4) is 0 Å². The normalized spacial score (nSPS) is 10.1. The van der Waals surface area contributed by atoms with E-state index in [9.17, 15) is 4.79 Å². The predicted molar refractivity (Wildman–Crippen MR) is 74.2 cm³/mol. The molecule has 0 spiro atoms. The van der Waals surface area contributed by atoms with Gasteiger partial charge in [-0.25, -0.2) is 0 Å². The molecule has 0 aliphatic rings. The molecule has 0 amide bonds. The molecule has 98 valence electrons. The summed E-state index contributed by atoms with van der Waals surface area (Å²) >= 11 is 0. The Morgan fingerprint density at radius 3 is 2.56 bits per heavy atom. The van der Waals surface area contributed by atoms with Crippen LogP contribution in [0.4, 0.5) is 0 Å². The maximum absolute atomic E-state index is 10.4. The van der Waals surface area contributed by atoms with Crippen LogP contribution in [0.25, 0.3) is 10.9 Å². The van der Waals surface area contributed by atoms with Crippen molar-refractivity contribution in [1.29, 1.82) is 0 Å². The Labute approximate surface area is 108 Å². The highest BCUT2D eigenvalue weighted by molar-refractivity contribution is 5.86. The van der Waals surface area contributed by atoms with E-state index in [0.717, 1.165) is 28.5 Å². The number of rotatable bonds is 3. The first-order valence-electron chi connectivity index (χ1n) is 5.77. The molecule has 0 radical (unpaired) electrons. The number of aromatic nitrogens is 1. The first-order chi connectivity index (χ1) is 8.58. The molecule has 1 N–H and O–H groups in total. The van der Waals surface area contributed by atoms with E-state index in [1.54, 1.807) is 7.11 Å². The van der Waals surface area contributed by atoms with Crippen molar-refractivity contribution in [2.24, 2.45) is 0 Å². The zero-order valence-electron chi connectivity index (χ0n) is 11.4. The highest BCUT2D eigenvalue weighted by Gasteiger charge is 2.03. The first-order valence-corrected chi connectivity index (χ1v) is 5.77. The minimum atomic E-state index is 0.438. The fourth-order valence-electron chi connectivity index (χ4n) is 1.54. The van der Waals surface area contributed by atoms with E-state index in [2.05, 4.69) is 4.98 Å². The van der Waals surface area contributed by atoms with Crippen LogP contribution in [0.15, 0.2) is 24.4 Å². The largest absolute Gasteiger partial charge is 0.497 e. The van der Waals surface area contributed by atoms with Crippen molar-refractivity contribution in [1.82, 2.24) is 9.88 Å². The van der Waals surface area contributed by atoms with Crippen LogP contribution >= 0.6 is 0 Å². The summed E-state index contributed by atoms with van der Waals surface area (Å²) < 4.78 is 5.12. The third-order valence-corrected chi connectivity index (χ3v) is 2.28. The minimum absolute atomic E-state index is 0.438. The van der Waals surface area contributed by atoms with Crippen molar-refractivity contribution in [2.75, 3.05) is 28.3 Å². The number of hydrogen-bond donors (Lipinski definition) is 1. The van der Waals surface area contributed by atoms with Gasteiger partial charge < -0.3 is 19.4 Å². The van der Waals surface area contributed by atoms with Gasteiger partial charge >= 0.3 is 0 Å². The molecule has 0 saturated carbocycles. The topological polar surface area (TPSA) is 45.3 Å². The fourth-order valence-corrected chi connectivity index (χ4v) is 1.54. The number of aromatic amines is 1. The molecule has 18 heavy (non-hydrogen) atoms. The Balaban J connectivity index is 0.000000357. The van der Waals surface area contributed by atoms with Crippen LogP contribution in [-0.2, 0) is 11.2 Å². The summed E-state index contributed by atoms with van der Waals surface area (Å²) in [5.74, 6) is 0.809. The number of nitrogens with zero attached hydrogens (tertiary/aromatic N) is 1. The van der Waals surface area contributed by atoms with Crippen molar-refractivity contribution in [3.05, 3.63) is 30.0 Å². The number of ether oxygens (including phenoxy) is 1. The molecule has 0 unspecified atom stereocenters. The SMILES string of the molecule is CN(C)C.COc1ccc2[nH]cc(CC=O)c2c1. The summed E-state index contributed by atoms with van der Waals surface area (Å²) in [4.78, 5) is 15.5. The van der Waals surface area contributed by atoms with Crippen LogP contribution in [0.1, 0.15) is 5.56 Å². The van der Waals surface area contributed by atoms with Crippen molar-refractivity contribution < 1.29 is 9.53 Å². The van der Waals surface area contributed by atoms with Crippen LogP contribution in [0.5, 0.6) is 5.75 Å². The van der Waals surface area contributed by atoms with E-state index in [4.69, 9.17) is 4.74 Å². The second kappa shape index (κ2) is 6.81. The summed E-state index contributed by atoms with van der Waals surface area (Å²) in [5, 5.41) is 1.05. The second-order valence-electron chi connectivity index (χ2n) is 4.44. The molecule has 0 saturated heterocycles. The van der Waals surface area contributed by atoms with Crippen LogP contribution in [0.2, 0.25) is 0 Å². The van der Waals surface area contributed by atoms with Gasteiger partial charge in [-0.05, 0) is 44.9 Å². The number of carbonyl (C=O) groups excluding carboxylic acids is 1. The lowest BCUT2D eigenvalue weighted by molar-refractivity contribution is -0.107. The fraction of sp³-hybridized carbons (Fsp3) is 0.357. The average Bonchev–Trinajstić information content (AvgIpc) is 2.71. The van der Waals surface area contributed by atoms with Crippen LogP contribution in [0, 0.1) is 0 Å². The Hall–Kier alpha value is -1.81. The maximum atomic E-state index is 10.4. The summed E-state index contributed by atoms with van der Waals surface area (Å²) in [6.45, 7) is 0. The minimum Gasteiger partial charge on any atom is -0.497 e. The van der Waals surface area contributed by atoms with Gasteiger partial charge in [-0.15, -0.1) is 0 Å². The molecule has 4 heteroatoms. The van der Waals surface area contributed by atoms with Crippen molar-refractivity contribution in [3.63, 3.8) is 0 Å². The van der Waals surface area contributed by atoms with E-state index in [-0.39, 0.29) is 0 Å². The number of nitrogens with one attached hydrogen (secondary N) is 1. The highest BCUT2D eigenvalue weighted by atomic mass is 16.5. The molecule has 0 fully saturated rings. The molecule has 1 heterocycles. The molecule has 0 aliphatic heterocycles. The van der Waals surface area contributed by atoms with Crippen LogP contribution < -0.4 is 4.74 Å². The number of H-pyrrole nitrogens is 1. The Bertz CT molecular complexity index is 501. The van der Waals surface area contributed by atoms with E-state index in [0.29, 0.717) is 6.42 Å². The quantitative estimate of drug-likeness (QED) is 0.846. The van der Waals surface area contributed by atoms with Crippen molar-refractivity contribution in [3.8, 4) is 5.75 Å². The molecule has 2 rings (SSSR count). The monoisotopic (exact) mass is 248 g/mol. The van der Waals surface area contributed by atoms with Crippen LogP contribution in [-0.4, -0.2) is 44.4 Å². The molecular weight excluding hydrogens is 228 g/mol. The van der Waals surface area contributed by atoms with Gasteiger partial charge in [-0.2, -0.15) is 0 Å². The van der Waals surface area contributed by atoms with Gasteiger partial charge in [0, 0.05) is 23.5 Å². The summed E-state index contributed by atoms with van der Waals surface area (Å²) in [6, 6.07) is 5.77. The smallest absolute Gasteiger partial charge is 0.124 e. The number of benzene rings is 1. The third-order valence-electron chi connectivity index (χ3n) is 2.28. The highest BCUT2D eigenvalue weighted by Crippen LogP contribution is 2.23. The lowest BCUT2D eigenvalue weighted by Crippen LogP contribution is -1.99. The zero-order valence-corrected chi connectivity index (χ0v) is 11.4. The van der Waals surface area contributed by atoms with Gasteiger partial charge in [0.15, 0.2) is 0 Å². The Morgan fingerprint density at radius 1 is 1.33 bits per heavy atom. The molecule has 4 nitrogen and oxygen atoms in total. The van der Waals surface area contributed by atoms with E-state index in [1.807, 2.05) is 50.4 Å². The van der Waals surface area contributed by atoms with Gasteiger partial charge in [-0.1, -0.05) is 0 Å². The third kappa shape index (κ3) is 3.89. The molecule has 0 atom stereocenters. The van der Waals surface area contributed by atoms with Crippen molar-refractivity contribution in [2.45, 2.75) is 6.42 Å². The summed E-state index contributed by atoms with van der Waals surface area (Å²) in [5.41, 5.74) is 2.04. The standard InChI is InChI=1S/C11H11NO2.C3H9N/c1-14-9-2-3-11-10(6-9)8(4-5-13)7-12-11;1-4(2)3/h2-3,5-7,12H,4H2,1H3;1-3H3. The maximum Gasteiger partial charge on any atom is 0.124 e. The van der Waals surface area contributed by atoms with E-state index in [1.165, 1.54) is 0 Å². The molecule has 0 bridgehead atoms. The number of methoxy groups -OCH3 is 1. The van der Waals surface area contributed by atoms with E-state index >= 15 is 0 Å².